The van der Waals surface area contributed by atoms with Gasteiger partial charge in [-0.1, -0.05) is 6.07 Å². The van der Waals surface area contributed by atoms with E-state index in [-0.39, 0.29) is 12.1 Å². The molecule has 4 nitrogen and oxygen atoms in total. The SMILES string of the molecule is CC(C)(C)OC(=O)NCc1c(N)cccc1F. The molecule has 17 heavy (non-hydrogen) atoms. The number of alkyl carbamates (subject to hydrolysis) is 1. The Morgan fingerprint density at radius 2 is 2.12 bits per heavy atom. The van der Waals surface area contributed by atoms with Crippen molar-refractivity contribution in [3.63, 3.8) is 0 Å². The number of nitrogen functional groups attached to an aromatic ring is 1. The molecule has 1 aromatic rings. The molecule has 1 amide bonds. The number of rotatable bonds is 2. The van der Waals surface area contributed by atoms with Gasteiger partial charge in [0.05, 0.1) is 6.54 Å². The molecule has 3 N–H and O–H groups in total. The summed E-state index contributed by atoms with van der Waals surface area (Å²) in [6.45, 7) is 5.27. The Bertz CT molecular complexity index is 393. The predicted molar refractivity (Wildman–Crippen MR) is 63.9 cm³/mol. The lowest BCUT2D eigenvalue weighted by molar-refractivity contribution is 0.0523. The lowest BCUT2D eigenvalue weighted by Crippen LogP contribution is -2.32. The molecule has 0 atom stereocenters. The van der Waals surface area contributed by atoms with Gasteiger partial charge in [0.2, 0.25) is 0 Å². The van der Waals surface area contributed by atoms with Gasteiger partial charge in [0.1, 0.15) is 11.4 Å². The van der Waals surface area contributed by atoms with Crippen LogP contribution in [-0.4, -0.2) is 11.7 Å². The molecule has 0 radical (unpaired) electrons. The Labute approximate surface area is 100.0 Å². The summed E-state index contributed by atoms with van der Waals surface area (Å²) in [6.07, 6.45) is -0.597. The molecule has 0 spiro atoms. The van der Waals surface area contributed by atoms with Crippen LogP contribution in [0.3, 0.4) is 0 Å². The van der Waals surface area contributed by atoms with Gasteiger partial charge in [-0.05, 0) is 32.9 Å². The van der Waals surface area contributed by atoms with Crippen molar-refractivity contribution >= 4 is 11.8 Å². The maximum atomic E-state index is 13.4. The van der Waals surface area contributed by atoms with Gasteiger partial charge in [0, 0.05) is 11.3 Å². The minimum Gasteiger partial charge on any atom is -0.444 e. The summed E-state index contributed by atoms with van der Waals surface area (Å²) in [6, 6.07) is 4.39. The highest BCUT2D eigenvalue weighted by atomic mass is 19.1. The molecule has 1 rings (SSSR count). The van der Waals surface area contributed by atoms with Crippen molar-refractivity contribution in [3.05, 3.63) is 29.6 Å². The molecule has 1 aromatic carbocycles. The third kappa shape index (κ3) is 4.30. The Morgan fingerprint density at radius 1 is 1.47 bits per heavy atom. The number of nitrogens with two attached hydrogens (primary N) is 1. The molecule has 0 aromatic heterocycles. The van der Waals surface area contributed by atoms with E-state index in [4.69, 9.17) is 10.5 Å². The number of hydrogen-bond acceptors (Lipinski definition) is 3. The Hall–Kier alpha value is -1.78. The number of carbonyl (C=O) groups excluding carboxylic acids is 1. The van der Waals surface area contributed by atoms with Gasteiger partial charge in [0.25, 0.3) is 0 Å². The standard InChI is InChI=1S/C12H17FN2O2/c1-12(2,3)17-11(16)15-7-8-9(13)5-4-6-10(8)14/h4-6H,7,14H2,1-3H3,(H,15,16). The van der Waals surface area contributed by atoms with Crippen LogP contribution in [0.4, 0.5) is 14.9 Å². The zero-order chi connectivity index (χ0) is 13.1. The van der Waals surface area contributed by atoms with E-state index < -0.39 is 17.5 Å². The largest absolute Gasteiger partial charge is 0.444 e. The lowest BCUT2D eigenvalue weighted by atomic mass is 10.1. The van der Waals surface area contributed by atoms with Crippen LogP contribution in [0.25, 0.3) is 0 Å². The van der Waals surface area contributed by atoms with E-state index in [1.54, 1.807) is 26.8 Å². The second-order valence-corrected chi connectivity index (χ2v) is 4.66. The summed E-state index contributed by atoms with van der Waals surface area (Å²) < 4.78 is 18.4. The van der Waals surface area contributed by atoms with E-state index in [1.165, 1.54) is 12.1 Å². The summed E-state index contributed by atoms with van der Waals surface area (Å²) in [5.74, 6) is -0.443. The first-order chi connectivity index (χ1) is 7.79. The molecule has 0 aliphatic carbocycles. The summed E-state index contributed by atoms with van der Waals surface area (Å²) in [4.78, 5) is 11.4. The Balaban J connectivity index is 2.59. The topological polar surface area (TPSA) is 64.3 Å². The van der Waals surface area contributed by atoms with Crippen molar-refractivity contribution < 1.29 is 13.9 Å². The van der Waals surface area contributed by atoms with Gasteiger partial charge in [-0.25, -0.2) is 9.18 Å². The van der Waals surface area contributed by atoms with Crippen molar-refractivity contribution in [2.75, 3.05) is 5.73 Å². The van der Waals surface area contributed by atoms with E-state index in [0.717, 1.165) is 0 Å². The molecule has 0 aliphatic heterocycles. The highest BCUT2D eigenvalue weighted by molar-refractivity contribution is 5.68. The fraction of sp³-hybridized carbons (Fsp3) is 0.417. The van der Waals surface area contributed by atoms with Gasteiger partial charge in [-0.2, -0.15) is 0 Å². The van der Waals surface area contributed by atoms with Crippen LogP contribution in [0, 0.1) is 5.82 Å². The Kier molecular flexibility index (Phi) is 3.93. The van der Waals surface area contributed by atoms with E-state index in [1.807, 2.05) is 0 Å². The number of ether oxygens (including phenoxy) is 1. The molecule has 0 saturated heterocycles. The fourth-order valence-electron chi connectivity index (χ4n) is 1.24. The monoisotopic (exact) mass is 240 g/mol. The van der Waals surface area contributed by atoms with Crippen molar-refractivity contribution in [2.45, 2.75) is 32.9 Å². The first-order valence-electron chi connectivity index (χ1n) is 5.29. The van der Waals surface area contributed by atoms with Gasteiger partial charge in [-0.3, -0.25) is 0 Å². The maximum absolute atomic E-state index is 13.4. The average Bonchev–Trinajstić information content (AvgIpc) is 2.14. The third-order valence-corrected chi connectivity index (χ3v) is 1.96. The van der Waals surface area contributed by atoms with Crippen LogP contribution in [0.2, 0.25) is 0 Å². The smallest absolute Gasteiger partial charge is 0.407 e. The fourth-order valence-corrected chi connectivity index (χ4v) is 1.24. The van der Waals surface area contributed by atoms with Gasteiger partial charge >= 0.3 is 6.09 Å². The van der Waals surface area contributed by atoms with E-state index in [9.17, 15) is 9.18 Å². The first kappa shape index (κ1) is 13.3. The quantitative estimate of drug-likeness (QED) is 0.780. The number of carbonyl (C=O) groups is 1. The molecule has 0 saturated carbocycles. The Morgan fingerprint density at radius 3 is 2.65 bits per heavy atom. The lowest BCUT2D eigenvalue weighted by Gasteiger charge is -2.19. The minimum atomic E-state index is -0.597. The van der Waals surface area contributed by atoms with Crippen molar-refractivity contribution in [3.8, 4) is 0 Å². The van der Waals surface area contributed by atoms with Crippen molar-refractivity contribution in [1.29, 1.82) is 0 Å². The number of anilines is 1. The summed E-state index contributed by atoms with van der Waals surface area (Å²) in [5, 5.41) is 2.46. The van der Waals surface area contributed by atoms with Crippen LogP contribution < -0.4 is 11.1 Å². The van der Waals surface area contributed by atoms with Gasteiger partial charge in [-0.15, -0.1) is 0 Å². The van der Waals surface area contributed by atoms with Crippen LogP contribution in [-0.2, 0) is 11.3 Å². The van der Waals surface area contributed by atoms with Crippen LogP contribution >= 0.6 is 0 Å². The first-order valence-corrected chi connectivity index (χ1v) is 5.29. The molecule has 0 heterocycles. The summed E-state index contributed by atoms with van der Waals surface area (Å²) in [7, 11) is 0. The second kappa shape index (κ2) is 5.03. The normalized spacial score (nSPS) is 11.1. The number of hydrogen-bond donors (Lipinski definition) is 2. The molecule has 5 heteroatoms. The molecule has 0 bridgehead atoms. The minimum absolute atomic E-state index is 0.00736. The van der Waals surface area contributed by atoms with Crippen LogP contribution in [0.1, 0.15) is 26.3 Å². The van der Waals surface area contributed by atoms with Gasteiger partial charge in [0.15, 0.2) is 0 Å². The molecular formula is C12H17FN2O2. The number of nitrogens with one attached hydrogen (secondary N) is 1. The number of amides is 1. The van der Waals surface area contributed by atoms with Gasteiger partial charge < -0.3 is 15.8 Å². The van der Waals surface area contributed by atoms with E-state index in [2.05, 4.69) is 5.32 Å². The molecular weight excluding hydrogens is 223 g/mol. The summed E-state index contributed by atoms with van der Waals surface area (Å²) in [5.41, 5.74) is 5.59. The van der Waals surface area contributed by atoms with E-state index >= 15 is 0 Å². The van der Waals surface area contributed by atoms with Crippen molar-refractivity contribution in [2.24, 2.45) is 0 Å². The average molecular weight is 240 g/mol. The molecule has 0 fully saturated rings. The van der Waals surface area contributed by atoms with E-state index in [0.29, 0.717) is 5.69 Å². The zero-order valence-electron chi connectivity index (χ0n) is 10.2. The number of benzene rings is 1. The maximum Gasteiger partial charge on any atom is 0.407 e. The molecule has 94 valence electrons. The molecule has 0 unspecified atom stereocenters. The highest BCUT2D eigenvalue weighted by Gasteiger charge is 2.16. The van der Waals surface area contributed by atoms with Crippen LogP contribution in [0.5, 0.6) is 0 Å². The molecule has 0 aliphatic rings. The third-order valence-electron chi connectivity index (χ3n) is 1.96. The zero-order valence-corrected chi connectivity index (χ0v) is 10.2. The second-order valence-electron chi connectivity index (χ2n) is 4.66. The van der Waals surface area contributed by atoms with Crippen molar-refractivity contribution in [1.82, 2.24) is 5.32 Å². The predicted octanol–water partition coefficient (Wildman–Crippen LogP) is 2.43. The summed E-state index contributed by atoms with van der Waals surface area (Å²) >= 11 is 0. The van der Waals surface area contributed by atoms with Crippen LogP contribution in [0.15, 0.2) is 18.2 Å². The number of halogens is 1. The highest BCUT2D eigenvalue weighted by Crippen LogP contribution is 2.15.